The van der Waals surface area contributed by atoms with Gasteiger partial charge in [-0.3, -0.25) is 13.9 Å². The second-order valence-electron chi connectivity index (χ2n) is 10.9. The molecule has 3 rings (SSSR count). The second kappa shape index (κ2) is 13.8. The normalized spacial score (nSPS) is 12.9. The molecule has 8 heteroatoms. The molecular weight excluding hydrogens is 534 g/mol. The van der Waals surface area contributed by atoms with E-state index >= 15 is 0 Å². The zero-order chi connectivity index (χ0) is 30.3. The van der Waals surface area contributed by atoms with E-state index in [1.165, 1.54) is 9.21 Å². The van der Waals surface area contributed by atoms with Gasteiger partial charge in [0.2, 0.25) is 11.8 Å². The first-order valence-corrected chi connectivity index (χ1v) is 15.6. The summed E-state index contributed by atoms with van der Waals surface area (Å²) in [5.74, 6) is -0.699. The predicted molar refractivity (Wildman–Crippen MR) is 165 cm³/mol. The lowest BCUT2D eigenvalue weighted by molar-refractivity contribution is -0.140. The lowest BCUT2D eigenvalue weighted by atomic mass is 10.1. The van der Waals surface area contributed by atoms with Crippen LogP contribution in [0.5, 0.6) is 0 Å². The van der Waals surface area contributed by atoms with Gasteiger partial charge in [-0.1, -0.05) is 67.4 Å². The quantitative estimate of drug-likeness (QED) is 0.293. The fourth-order valence-corrected chi connectivity index (χ4v) is 6.23. The van der Waals surface area contributed by atoms with E-state index in [1.54, 1.807) is 36.4 Å². The van der Waals surface area contributed by atoms with Crippen LogP contribution in [-0.4, -0.2) is 43.8 Å². The number of hydrogen-bond acceptors (Lipinski definition) is 4. The average molecular weight is 578 g/mol. The van der Waals surface area contributed by atoms with Gasteiger partial charge in [-0.15, -0.1) is 0 Å². The highest BCUT2D eigenvalue weighted by molar-refractivity contribution is 7.92. The second-order valence-corrected chi connectivity index (χ2v) is 12.8. The largest absolute Gasteiger partial charge is 0.352 e. The van der Waals surface area contributed by atoms with E-state index in [2.05, 4.69) is 5.32 Å². The fourth-order valence-electron chi connectivity index (χ4n) is 4.83. The Kier molecular flexibility index (Phi) is 10.7. The van der Waals surface area contributed by atoms with Crippen molar-refractivity contribution in [2.24, 2.45) is 0 Å². The van der Waals surface area contributed by atoms with E-state index in [4.69, 9.17) is 0 Å². The number of carbonyl (C=O) groups is 2. The summed E-state index contributed by atoms with van der Waals surface area (Å²) >= 11 is 0. The summed E-state index contributed by atoms with van der Waals surface area (Å²) in [7, 11) is -4.10. The van der Waals surface area contributed by atoms with Gasteiger partial charge in [0.05, 0.1) is 10.6 Å². The molecule has 7 nitrogen and oxygen atoms in total. The molecule has 0 radical (unpaired) electrons. The van der Waals surface area contributed by atoms with Gasteiger partial charge in [0, 0.05) is 12.6 Å². The Balaban J connectivity index is 2.09. The van der Waals surface area contributed by atoms with Crippen molar-refractivity contribution < 1.29 is 18.0 Å². The molecule has 0 aliphatic carbocycles. The Morgan fingerprint density at radius 1 is 0.805 bits per heavy atom. The van der Waals surface area contributed by atoms with Crippen LogP contribution < -0.4 is 9.62 Å². The molecule has 3 aromatic rings. The maximum atomic E-state index is 14.2. The minimum absolute atomic E-state index is 0.0545. The first-order valence-electron chi connectivity index (χ1n) is 14.2. The SMILES string of the molecule is CC[C@@H](C)NC(=O)[C@H](CC)N(Cc1cccc(C)c1)C(=O)CN(c1cc(C)cc(C)c1)S(=O)(=O)c1ccc(C)cc1. The summed E-state index contributed by atoms with van der Waals surface area (Å²) in [6.07, 6.45) is 1.14. The number of benzene rings is 3. The molecule has 220 valence electrons. The lowest BCUT2D eigenvalue weighted by Gasteiger charge is -2.34. The highest BCUT2D eigenvalue weighted by Gasteiger charge is 2.34. The third-order valence-electron chi connectivity index (χ3n) is 7.20. The Morgan fingerprint density at radius 3 is 2.00 bits per heavy atom. The Bertz CT molecular complexity index is 1450. The number of hydrogen-bond donors (Lipinski definition) is 1. The van der Waals surface area contributed by atoms with E-state index in [0.29, 0.717) is 12.1 Å². The van der Waals surface area contributed by atoms with Gasteiger partial charge in [0.25, 0.3) is 10.0 Å². The Labute approximate surface area is 245 Å². The number of rotatable bonds is 12. The zero-order valence-electron chi connectivity index (χ0n) is 25.3. The molecule has 0 unspecified atom stereocenters. The lowest BCUT2D eigenvalue weighted by Crippen LogP contribution is -2.53. The highest BCUT2D eigenvalue weighted by Crippen LogP contribution is 2.27. The molecule has 0 bridgehead atoms. The summed E-state index contributed by atoms with van der Waals surface area (Å²) in [6, 6.07) is 19.0. The van der Waals surface area contributed by atoms with Crippen molar-refractivity contribution in [2.75, 3.05) is 10.8 Å². The van der Waals surface area contributed by atoms with Crippen LogP contribution in [0.25, 0.3) is 0 Å². The minimum atomic E-state index is -4.10. The summed E-state index contributed by atoms with van der Waals surface area (Å²) < 4.78 is 29.3. The number of carbonyl (C=O) groups excluding carboxylic acids is 2. The van der Waals surface area contributed by atoms with Crippen molar-refractivity contribution in [1.29, 1.82) is 0 Å². The van der Waals surface area contributed by atoms with Gasteiger partial charge < -0.3 is 10.2 Å². The first kappa shape index (κ1) is 31.9. The van der Waals surface area contributed by atoms with Crippen LogP contribution in [0, 0.1) is 27.7 Å². The van der Waals surface area contributed by atoms with Crippen LogP contribution in [0.3, 0.4) is 0 Å². The molecule has 1 N–H and O–H groups in total. The molecule has 0 saturated carbocycles. The molecule has 0 spiro atoms. The van der Waals surface area contributed by atoms with Crippen molar-refractivity contribution >= 4 is 27.5 Å². The van der Waals surface area contributed by atoms with Crippen molar-refractivity contribution in [1.82, 2.24) is 10.2 Å². The number of aryl methyl sites for hydroxylation is 4. The average Bonchev–Trinajstić information content (AvgIpc) is 2.91. The van der Waals surface area contributed by atoms with E-state index in [1.807, 2.05) is 78.8 Å². The molecule has 2 amide bonds. The molecule has 0 heterocycles. The molecule has 0 saturated heterocycles. The first-order chi connectivity index (χ1) is 19.3. The van der Waals surface area contributed by atoms with Gasteiger partial charge >= 0.3 is 0 Å². The number of amides is 2. The fraction of sp³-hybridized carbons (Fsp3) is 0.394. The van der Waals surface area contributed by atoms with Gasteiger partial charge in [0.15, 0.2) is 0 Å². The molecule has 41 heavy (non-hydrogen) atoms. The predicted octanol–water partition coefficient (Wildman–Crippen LogP) is 5.84. The van der Waals surface area contributed by atoms with Crippen LogP contribution in [0.2, 0.25) is 0 Å². The van der Waals surface area contributed by atoms with Crippen LogP contribution in [-0.2, 0) is 26.2 Å². The molecule has 2 atom stereocenters. The van der Waals surface area contributed by atoms with E-state index in [9.17, 15) is 18.0 Å². The van der Waals surface area contributed by atoms with Crippen molar-refractivity contribution in [3.8, 4) is 0 Å². The maximum Gasteiger partial charge on any atom is 0.264 e. The summed E-state index contributed by atoms with van der Waals surface area (Å²) in [4.78, 5) is 29.2. The van der Waals surface area contributed by atoms with E-state index < -0.39 is 28.5 Å². The summed E-state index contributed by atoms with van der Waals surface area (Å²) in [6.45, 7) is 13.2. The summed E-state index contributed by atoms with van der Waals surface area (Å²) in [5, 5.41) is 3.01. The molecule has 0 aliphatic heterocycles. The summed E-state index contributed by atoms with van der Waals surface area (Å²) in [5.41, 5.74) is 5.00. The third kappa shape index (κ3) is 8.19. The smallest absolute Gasteiger partial charge is 0.264 e. The maximum absolute atomic E-state index is 14.2. The molecule has 0 fully saturated rings. The highest BCUT2D eigenvalue weighted by atomic mass is 32.2. The molecule has 3 aromatic carbocycles. The van der Waals surface area contributed by atoms with Crippen LogP contribution in [0.1, 0.15) is 61.4 Å². The van der Waals surface area contributed by atoms with Gasteiger partial charge in [-0.25, -0.2) is 8.42 Å². The molecule has 0 aromatic heterocycles. The monoisotopic (exact) mass is 577 g/mol. The van der Waals surface area contributed by atoms with E-state index in [-0.39, 0.29) is 23.4 Å². The minimum Gasteiger partial charge on any atom is -0.352 e. The number of sulfonamides is 1. The molecular formula is C33H43N3O4S. The number of anilines is 1. The standard InChI is InChI=1S/C33H43N3O4S/c1-8-27(7)34-33(38)31(9-2)35(21-28-12-10-11-24(4)18-28)32(37)22-36(29-19-25(5)17-26(6)20-29)41(39,40)30-15-13-23(3)14-16-30/h10-20,27,31H,8-9,21-22H2,1-7H3,(H,34,38)/t27-,31+/m1/s1. The Hall–Kier alpha value is -3.65. The van der Waals surface area contributed by atoms with Crippen molar-refractivity contribution in [2.45, 2.75) is 84.8 Å². The van der Waals surface area contributed by atoms with Gasteiger partial charge in [-0.05, 0) is 88.4 Å². The van der Waals surface area contributed by atoms with Gasteiger partial charge in [-0.2, -0.15) is 0 Å². The Morgan fingerprint density at radius 2 is 1.44 bits per heavy atom. The van der Waals surface area contributed by atoms with E-state index in [0.717, 1.165) is 34.2 Å². The van der Waals surface area contributed by atoms with Crippen LogP contribution in [0.4, 0.5) is 5.69 Å². The van der Waals surface area contributed by atoms with Crippen molar-refractivity contribution in [3.05, 3.63) is 94.5 Å². The van der Waals surface area contributed by atoms with Crippen LogP contribution >= 0.6 is 0 Å². The number of nitrogens with zero attached hydrogens (tertiary/aromatic N) is 2. The zero-order valence-corrected chi connectivity index (χ0v) is 26.1. The molecule has 0 aliphatic rings. The van der Waals surface area contributed by atoms with Crippen molar-refractivity contribution in [3.63, 3.8) is 0 Å². The topological polar surface area (TPSA) is 86.8 Å². The third-order valence-corrected chi connectivity index (χ3v) is 8.99. The van der Waals surface area contributed by atoms with Crippen LogP contribution in [0.15, 0.2) is 71.6 Å². The number of nitrogens with one attached hydrogen (secondary N) is 1. The van der Waals surface area contributed by atoms with Gasteiger partial charge in [0.1, 0.15) is 12.6 Å².